The molecule has 19 heavy (non-hydrogen) atoms. The number of benzene rings is 1. The molecule has 0 amide bonds. The molecule has 0 aliphatic heterocycles. The molecule has 0 saturated heterocycles. The molecule has 3 unspecified atom stereocenters. The Morgan fingerprint density at radius 3 is 2.74 bits per heavy atom. The van der Waals surface area contributed by atoms with E-state index in [1.54, 1.807) is 12.1 Å². The second-order valence-corrected chi connectivity index (χ2v) is 5.71. The van der Waals surface area contributed by atoms with E-state index in [0.29, 0.717) is 18.0 Å². The zero-order chi connectivity index (χ0) is 13.8. The van der Waals surface area contributed by atoms with Crippen LogP contribution in [0.2, 0.25) is 0 Å². The van der Waals surface area contributed by atoms with E-state index >= 15 is 0 Å². The first-order valence-electron chi connectivity index (χ1n) is 7.31. The van der Waals surface area contributed by atoms with Crippen molar-refractivity contribution < 1.29 is 8.78 Å². The number of halogens is 2. The van der Waals surface area contributed by atoms with E-state index in [1.807, 2.05) is 0 Å². The number of hydrogen-bond acceptors (Lipinski definition) is 1. The molecule has 1 nitrogen and oxygen atoms in total. The Bertz CT molecular complexity index is 419. The molecule has 106 valence electrons. The molecule has 3 atom stereocenters. The Morgan fingerprint density at radius 2 is 2.05 bits per heavy atom. The van der Waals surface area contributed by atoms with Crippen molar-refractivity contribution in [1.82, 2.24) is 0 Å². The largest absolute Gasteiger partial charge is 0.330 e. The molecular formula is C16H23F2N. The zero-order valence-electron chi connectivity index (χ0n) is 11.5. The van der Waals surface area contributed by atoms with Crippen LogP contribution in [-0.2, 0) is 0 Å². The average molecular weight is 267 g/mol. The molecule has 1 aliphatic carbocycles. The van der Waals surface area contributed by atoms with Crippen LogP contribution >= 0.6 is 0 Å². The highest BCUT2D eigenvalue weighted by atomic mass is 19.2. The molecule has 2 rings (SSSR count). The topological polar surface area (TPSA) is 26.0 Å². The van der Waals surface area contributed by atoms with Crippen molar-refractivity contribution in [3.63, 3.8) is 0 Å². The van der Waals surface area contributed by atoms with Crippen LogP contribution in [0.15, 0.2) is 18.2 Å². The third-order valence-corrected chi connectivity index (χ3v) is 4.48. The first kappa shape index (κ1) is 14.4. The summed E-state index contributed by atoms with van der Waals surface area (Å²) in [7, 11) is 0. The minimum Gasteiger partial charge on any atom is -0.330 e. The summed E-state index contributed by atoms with van der Waals surface area (Å²) in [5.41, 5.74) is 6.35. The van der Waals surface area contributed by atoms with Gasteiger partial charge in [0.25, 0.3) is 0 Å². The van der Waals surface area contributed by atoms with Gasteiger partial charge in [-0.3, -0.25) is 0 Å². The Balaban J connectivity index is 2.24. The third-order valence-electron chi connectivity index (χ3n) is 4.48. The first-order chi connectivity index (χ1) is 9.17. The van der Waals surface area contributed by atoms with Crippen LogP contribution in [0.1, 0.15) is 50.5 Å². The standard InChI is InChI=1S/C16H23F2N/c1-2-4-11-7-8-12(10-19)14(9-11)13-5-3-6-15(17)16(13)18/h3,5-6,11-12,14H,2,4,7-10,19H2,1H3. The highest BCUT2D eigenvalue weighted by Crippen LogP contribution is 2.42. The van der Waals surface area contributed by atoms with Crippen LogP contribution < -0.4 is 5.73 Å². The fraction of sp³-hybridized carbons (Fsp3) is 0.625. The molecule has 2 N–H and O–H groups in total. The van der Waals surface area contributed by atoms with Crippen LogP contribution in [0.3, 0.4) is 0 Å². The summed E-state index contributed by atoms with van der Waals surface area (Å²) in [5.74, 6) is -0.440. The van der Waals surface area contributed by atoms with Gasteiger partial charge in [0.2, 0.25) is 0 Å². The Morgan fingerprint density at radius 1 is 1.26 bits per heavy atom. The molecule has 1 saturated carbocycles. The fourth-order valence-corrected chi connectivity index (χ4v) is 3.46. The lowest BCUT2D eigenvalue weighted by Crippen LogP contribution is -2.29. The van der Waals surface area contributed by atoms with Crippen molar-refractivity contribution in [2.75, 3.05) is 6.54 Å². The Hall–Kier alpha value is -0.960. The molecule has 0 heterocycles. The Labute approximate surface area is 114 Å². The summed E-state index contributed by atoms with van der Waals surface area (Å²) >= 11 is 0. The maximum absolute atomic E-state index is 14.0. The van der Waals surface area contributed by atoms with Crippen molar-refractivity contribution in [3.8, 4) is 0 Å². The van der Waals surface area contributed by atoms with E-state index in [0.717, 1.165) is 19.3 Å². The molecule has 1 aliphatic rings. The molecular weight excluding hydrogens is 244 g/mol. The molecule has 1 fully saturated rings. The van der Waals surface area contributed by atoms with E-state index in [2.05, 4.69) is 6.92 Å². The van der Waals surface area contributed by atoms with E-state index < -0.39 is 11.6 Å². The first-order valence-corrected chi connectivity index (χ1v) is 7.31. The molecule has 0 bridgehead atoms. The minimum atomic E-state index is -0.745. The van der Waals surface area contributed by atoms with Crippen molar-refractivity contribution in [1.29, 1.82) is 0 Å². The minimum absolute atomic E-state index is 0.0750. The lowest BCUT2D eigenvalue weighted by Gasteiger charge is -2.36. The third kappa shape index (κ3) is 3.14. The van der Waals surface area contributed by atoms with Crippen LogP contribution in [0.4, 0.5) is 8.78 Å². The van der Waals surface area contributed by atoms with Crippen molar-refractivity contribution >= 4 is 0 Å². The molecule has 0 radical (unpaired) electrons. The highest BCUT2D eigenvalue weighted by molar-refractivity contribution is 5.24. The highest BCUT2D eigenvalue weighted by Gasteiger charge is 2.32. The van der Waals surface area contributed by atoms with Gasteiger partial charge in [0.1, 0.15) is 0 Å². The molecule has 1 aromatic rings. The molecule has 0 spiro atoms. The van der Waals surface area contributed by atoms with E-state index in [4.69, 9.17) is 5.73 Å². The molecule has 0 aromatic heterocycles. The van der Waals surface area contributed by atoms with Gasteiger partial charge in [-0.2, -0.15) is 0 Å². The monoisotopic (exact) mass is 267 g/mol. The fourth-order valence-electron chi connectivity index (χ4n) is 3.46. The van der Waals surface area contributed by atoms with E-state index in [1.165, 1.54) is 18.9 Å². The van der Waals surface area contributed by atoms with Gasteiger partial charge in [-0.15, -0.1) is 0 Å². The normalized spacial score (nSPS) is 27.5. The number of rotatable bonds is 4. The van der Waals surface area contributed by atoms with Crippen LogP contribution in [0, 0.1) is 23.5 Å². The van der Waals surface area contributed by atoms with Gasteiger partial charge in [0, 0.05) is 0 Å². The summed E-state index contributed by atoms with van der Waals surface area (Å²) in [6.45, 7) is 2.73. The van der Waals surface area contributed by atoms with Crippen LogP contribution in [0.25, 0.3) is 0 Å². The number of nitrogens with two attached hydrogens (primary N) is 1. The second kappa shape index (κ2) is 6.47. The number of hydrogen-bond donors (Lipinski definition) is 1. The lowest BCUT2D eigenvalue weighted by atomic mass is 9.70. The predicted molar refractivity (Wildman–Crippen MR) is 73.9 cm³/mol. The SMILES string of the molecule is CCCC1CCC(CN)C(c2cccc(F)c2F)C1. The average Bonchev–Trinajstić information content (AvgIpc) is 2.42. The van der Waals surface area contributed by atoms with Crippen molar-refractivity contribution in [2.45, 2.75) is 44.9 Å². The summed E-state index contributed by atoms with van der Waals surface area (Å²) in [4.78, 5) is 0. The lowest BCUT2D eigenvalue weighted by molar-refractivity contribution is 0.225. The van der Waals surface area contributed by atoms with Crippen LogP contribution in [0.5, 0.6) is 0 Å². The molecule has 1 aromatic carbocycles. The summed E-state index contributed by atoms with van der Waals surface area (Å²) in [6, 6.07) is 4.51. The van der Waals surface area contributed by atoms with E-state index in [-0.39, 0.29) is 11.8 Å². The van der Waals surface area contributed by atoms with Gasteiger partial charge in [0.05, 0.1) is 0 Å². The predicted octanol–water partition coefficient (Wildman–Crippen LogP) is 4.22. The zero-order valence-corrected chi connectivity index (χ0v) is 11.5. The summed E-state index contributed by atoms with van der Waals surface area (Å²) in [6.07, 6.45) is 5.46. The van der Waals surface area contributed by atoms with E-state index in [9.17, 15) is 8.78 Å². The summed E-state index contributed by atoms with van der Waals surface area (Å²) < 4.78 is 27.4. The summed E-state index contributed by atoms with van der Waals surface area (Å²) in [5, 5.41) is 0. The Kier molecular flexibility index (Phi) is 4.92. The van der Waals surface area contributed by atoms with Crippen LogP contribution in [-0.4, -0.2) is 6.54 Å². The van der Waals surface area contributed by atoms with Crippen molar-refractivity contribution in [2.24, 2.45) is 17.6 Å². The van der Waals surface area contributed by atoms with Gasteiger partial charge in [-0.05, 0) is 48.8 Å². The second-order valence-electron chi connectivity index (χ2n) is 5.71. The van der Waals surface area contributed by atoms with Gasteiger partial charge in [-0.25, -0.2) is 8.78 Å². The van der Waals surface area contributed by atoms with Gasteiger partial charge >= 0.3 is 0 Å². The quantitative estimate of drug-likeness (QED) is 0.868. The van der Waals surface area contributed by atoms with Gasteiger partial charge in [-0.1, -0.05) is 38.3 Å². The maximum Gasteiger partial charge on any atom is 0.162 e. The smallest absolute Gasteiger partial charge is 0.162 e. The van der Waals surface area contributed by atoms with Gasteiger partial charge in [0.15, 0.2) is 11.6 Å². The van der Waals surface area contributed by atoms with Crippen molar-refractivity contribution in [3.05, 3.63) is 35.4 Å². The molecule has 3 heteroatoms. The maximum atomic E-state index is 14.0. The van der Waals surface area contributed by atoms with Gasteiger partial charge < -0.3 is 5.73 Å².